The number of hydrogen-bond acceptors (Lipinski definition) is 4. The minimum Gasteiger partial charge on any atom is -0.338 e. The first-order chi connectivity index (χ1) is 12.9. The Labute approximate surface area is 166 Å². The SMILES string of the molecule is O=C(NCCc1ccccc1F)N1CCN(S(=O)(=O)c2ccc(Cl)s2)CC1. The van der Waals surface area contributed by atoms with Crippen molar-refractivity contribution in [1.29, 1.82) is 0 Å². The van der Waals surface area contributed by atoms with E-state index in [4.69, 9.17) is 11.6 Å². The van der Waals surface area contributed by atoms with Crippen LogP contribution in [0.4, 0.5) is 9.18 Å². The molecule has 1 N–H and O–H groups in total. The number of nitrogens with one attached hydrogen (secondary N) is 1. The van der Waals surface area contributed by atoms with Crippen LogP contribution in [0.3, 0.4) is 0 Å². The predicted molar refractivity (Wildman–Crippen MR) is 103 cm³/mol. The van der Waals surface area contributed by atoms with Gasteiger partial charge in [0.2, 0.25) is 0 Å². The Morgan fingerprint density at radius 1 is 1.15 bits per heavy atom. The molecule has 146 valence electrons. The molecule has 3 rings (SSSR count). The molecule has 1 aliphatic heterocycles. The van der Waals surface area contributed by atoms with Gasteiger partial charge < -0.3 is 10.2 Å². The van der Waals surface area contributed by atoms with Gasteiger partial charge in [0, 0.05) is 32.7 Å². The highest BCUT2D eigenvalue weighted by Crippen LogP contribution is 2.28. The molecular weight excluding hydrogens is 413 g/mol. The van der Waals surface area contributed by atoms with Gasteiger partial charge in [0.15, 0.2) is 0 Å². The molecule has 0 spiro atoms. The number of carbonyl (C=O) groups is 1. The van der Waals surface area contributed by atoms with E-state index in [-0.39, 0.29) is 29.1 Å². The van der Waals surface area contributed by atoms with Crippen LogP contribution in [-0.2, 0) is 16.4 Å². The molecule has 6 nitrogen and oxygen atoms in total. The largest absolute Gasteiger partial charge is 0.338 e. The summed E-state index contributed by atoms with van der Waals surface area (Å²) in [6.45, 7) is 1.34. The monoisotopic (exact) mass is 431 g/mol. The zero-order valence-corrected chi connectivity index (χ0v) is 16.8. The maximum Gasteiger partial charge on any atom is 0.317 e. The summed E-state index contributed by atoms with van der Waals surface area (Å²) in [5.41, 5.74) is 0.545. The van der Waals surface area contributed by atoms with Gasteiger partial charge in [-0.15, -0.1) is 11.3 Å². The fourth-order valence-electron chi connectivity index (χ4n) is 2.81. The number of benzene rings is 1. The molecule has 0 radical (unpaired) electrons. The number of sulfonamides is 1. The van der Waals surface area contributed by atoms with Gasteiger partial charge in [0.1, 0.15) is 10.0 Å². The highest BCUT2D eigenvalue weighted by Gasteiger charge is 2.31. The van der Waals surface area contributed by atoms with E-state index in [0.29, 0.717) is 36.0 Å². The van der Waals surface area contributed by atoms with Crippen molar-refractivity contribution >= 4 is 39.0 Å². The summed E-state index contributed by atoms with van der Waals surface area (Å²) in [5.74, 6) is -0.292. The van der Waals surface area contributed by atoms with E-state index in [1.54, 1.807) is 29.2 Å². The van der Waals surface area contributed by atoms with E-state index < -0.39 is 10.0 Å². The fraction of sp³-hybridized carbons (Fsp3) is 0.353. The van der Waals surface area contributed by atoms with Gasteiger partial charge in [0.05, 0.1) is 4.34 Å². The molecule has 2 amide bonds. The van der Waals surface area contributed by atoms with E-state index >= 15 is 0 Å². The van der Waals surface area contributed by atoms with Crippen LogP contribution in [0.25, 0.3) is 0 Å². The van der Waals surface area contributed by atoms with Crippen LogP contribution in [0.15, 0.2) is 40.6 Å². The first kappa shape index (κ1) is 20.1. The molecular formula is C17H19ClFN3O3S2. The van der Waals surface area contributed by atoms with Crippen molar-refractivity contribution in [3.8, 4) is 0 Å². The summed E-state index contributed by atoms with van der Waals surface area (Å²) < 4.78 is 40.7. The average Bonchev–Trinajstić information content (AvgIpc) is 3.10. The van der Waals surface area contributed by atoms with Crippen molar-refractivity contribution in [2.24, 2.45) is 0 Å². The minimum atomic E-state index is -3.58. The normalized spacial score (nSPS) is 15.7. The van der Waals surface area contributed by atoms with Crippen LogP contribution in [-0.4, -0.2) is 56.4 Å². The topological polar surface area (TPSA) is 69.7 Å². The number of urea groups is 1. The van der Waals surface area contributed by atoms with Crippen molar-refractivity contribution in [2.75, 3.05) is 32.7 Å². The smallest absolute Gasteiger partial charge is 0.317 e. The first-order valence-electron chi connectivity index (χ1n) is 8.39. The highest BCUT2D eigenvalue weighted by molar-refractivity contribution is 7.91. The lowest BCUT2D eigenvalue weighted by atomic mass is 10.1. The number of amides is 2. The Morgan fingerprint density at radius 3 is 2.48 bits per heavy atom. The third-order valence-electron chi connectivity index (χ3n) is 4.30. The van der Waals surface area contributed by atoms with Crippen LogP contribution < -0.4 is 5.32 Å². The molecule has 10 heteroatoms. The number of rotatable bonds is 5. The quantitative estimate of drug-likeness (QED) is 0.791. The van der Waals surface area contributed by atoms with E-state index in [2.05, 4.69) is 5.32 Å². The van der Waals surface area contributed by atoms with Gasteiger partial charge >= 0.3 is 6.03 Å². The molecule has 0 aliphatic carbocycles. The van der Waals surface area contributed by atoms with Crippen molar-refractivity contribution in [2.45, 2.75) is 10.6 Å². The average molecular weight is 432 g/mol. The molecule has 0 bridgehead atoms. The van der Waals surface area contributed by atoms with E-state index in [1.807, 2.05) is 0 Å². The molecule has 27 heavy (non-hydrogen) atoms. The number of hydrogen-bond donors (Lipinski definition) is 1. The van der Waals surface area contributed by atoms with Crippen molar-refractivity contribution in [3.63, 3.8) is 0 Å². The lowest BCUT2D eigenvalue weighted by Gasteiger charge is -2.33. The summed E-state index contributed by atoms with van der Waals surface area (Å²) in [6, 6.07) is 9.21. The highest BCUT2D eigenvalue weighted by atomic mass is 35.5. The summed E-state index contributed by atoms with van der Waals surface area (Å²) in [7, 11) is -3.58. The zero-order chi connectivity index (χ0) is 19.4. The molecule has 2 heterocycles. The summed E-state index contributed by atoms with van der Waals surface area (Å²) in [4.78, 5) is 13.8. The molecule has 0 atom stereocenters. The Kier molecular flexibility index (Phi) is 6.36. The Morgan fingerprint density at radius 2 is 1.85 bits per heavy atom. The van der Waals surface area contributed by atoms with Crippen LogP contribution >= 0.6 is 22.9 Å². The number of thiophene rings is 1. The maximum atomic E-state index is 13.6. The molecule has 0 unspecified atom stereocenters. The fourth-order valence-corrected chi connectivity index (χ4v) is 5.87. The van der Waals surface area contributed by atoms with Gasteiger partial charge in [-0.05, 0) is 30.2 Å². The first-order valence-corrected chi connectivity index (χ1v) is 11.0. The van der Waals surface area contributed by atoms with Crippen LogP contribution in [0, 0.1) is 5.82 Å². The molecule has 2 aromatic rings. The van der Waals surface area contributed by atoms with Gasteiger partial charge in [-0.2, -0.15) is 4.31 Å². The third-order valence-corrected chi connectivity index (χ3v) is 7.89. The maximum absolute atomic E-state index is 13.6. The lowest BCUT2D eigenvalue weighted by Crippen LogP contribution is -2.53. The van der Waals surface area contributed by atoms with Gasteiger partial charge in [0.25, 0.3) is 10.0 Å². The van der Waals surface area contributed by atoms with Crippen molar-refractivity contribution < 1.29 is 17.6 Å². The molecule has 1 aromatic heterocycles. The third kappa shape index (κ3) is 4.78. The molecule has 1 aromatic carbocycles. The number of carbonyl (C=O) groups excluding carboxylic acids is 1. The second kappa shape index (κ2) is 8.55. The number of nitrogens with zero attached hydrogens (tertiary/aromatic N) is 2. The predicted octanol–water partition coefficient (Wildman–Crippen LogP) is 2.80. The van der Waals surface area contributed by atoms with Crippen LogP contribution in [0.1, 0.15) is 5.56 Å². The van der Waals surface area contributed by atoms with E-state index in [0.717, 1.165) is 11.3 Å². The molecule has 1 fully saturated rings. The Balaban J connectivity index is 1.48. The Bertz CT molecular complexity index is 912. The molecule has 1 aliphatic rings. The molecule has 0 saturated carbocycles. The lowest BCUT2D eigenvalue weighted by molar-refractivity contribution is 0.172. The van der Waals surface area contributed by atoms with Crippen molar-refractivity contribution in [3.05, 3.63) is 52.1 Å². The number of piperazine rings is 1. The summed E-state index contributed by atoms with van der Waals surface area (Å²) in [6.07, 6.45) is 0.395. The molecule has 1 saturated heterocycles. The Hall–Kier alpha value is -1.68. The number of halogens is 2. The van der Waals surface area contributed by atoms with E-state index in [1.165, 1.54) is 16.4 Å². The summed E-state index contributed by atoms with van der Waals surface area (Å²) in [5, 5.41) is 2.75. The zero-order valence-electron chi connectivity index (χ0n) is 14.4. The van der Waals surface area contributed by atoms with Crippen LogP contribution in [0.5, 0.6) is 0 Å². The van der Waals surface area contributed by atoms with Crippen LogP contribution in [0.2, 0.25) is 4.34 Å². The van der Waals surface area contributed by atoms with Crippen molar-refractivity contribution in [1.82, 2.24) is 14.5 Å². The summed E-state index contributed by atoms with van der Waals surface area (Å²) >= 11 is 6.84. The minimum absolute atomic E-state index is 0.204. The van der Waals surface area contributed by atoms with Gasteiger partial charge in [-0.25, -0.2) is 17.6 Å². The van der Waals surface area contributed by atoms with Gasteiger partial charge in [-0.1, -0.05) is 29.8 Å². The van der Waals surface area contributed by atoms with E-state index in [9.17, 15) is 17.6 Å². The van der Waals surface area contributed by atoms with Gasteiger partial charge in [-0.3, -0.25) is 0 Å². The second-order valence-corrected chi connectivity index (χ2v) is 9.90. The standard InChI is InChI=1S/C17H19ClFN3O3S2/c18-15-5-6-16(26-15)27(24,25)22-11-9-21(10-12-22)17(23)20-8-7-13-3-1-2-4-14(13)19/h1-6H,7-12H2,(H,20,23). The second-order valence-electron chi connectivity index (χ2n) is 6.02.